The molecule has 1 aromatic carbocycles. The zero-order valence-corrected chi connectivity index (χ0v) is 7.93. The van der Waals surface area contributed by atoms with Gasteiger partial charge in [-0.15, -0.1) is 0 Å². The number of hydrogen-bond acceptors (Lipinski definition) is 4. The highest BCUT2D eigenvalue weighted by Crippen LogP contribution is 2.28. The van der Waals surface area contributed by atoms with Crippen molar-refractivity contribution < 1.29 is 14.8 Å². The van der Waals surface area contributed by atoms with Crippen LogP contribution in [0.15, 0.2) is 24.3 Å². The Bertz CT molecular complexity index is 343. The van der Waals surface area contributed by atoms with E-state index < -0.39 is 10.7 Å². The quantitative estimate of drug-likeness (QED) is 0.454. The second kappa shape index (κ2) is 3.63. The second-order valence-corrected chi connectivity index (χ2v) is 3.27. The maximum atomic E-state index is 10.6. The van der Waals surface area contributed by atoms with Crippen LogP contribution in [0.25, 0.3) is 0 Å². The fraction of sp³-hybridized carbons (Fsp3) is 0.333. The predicted octanol–water partition coefficient (Wildman–Crippen LogP) is 1.70. The molecule has 0 aromatic heterocycles. The van der Waals surface area contributed by atoms with Gasteiger partial charge < -0.3 is 9.84 Å². The Balaban J connectivity index is 3.02. The molecule has 0 aliphatic carbocycles. The van der Waals surface area contributed by atoms with Crippen LogP contribution in [0.4, 0.5) is 5.69 Å². The van der Waals surface area contributed by atoms with Crippen LogP contribution in [0.5, 0.6) is 5.75 Å². The molecule has 5 nitrogen and oxygen atoms in total. The van der Waals surface area contributed by atoms with Crippen LogP contribution < -0.4 is 4.74 Å². The first kappa shape index (κ1) is 10.5. The Hall–Kier alpha value is -1.62. The van der Waals surface area contributed by atoms with Crippen molar-refractivity contribution in [1.29, 1.82) is 0 Å². The molecule has 0 radical (unpaired) electrons. The van der Waals surface area contributed by atoms with Gasteiger partial charge in [0.2, 0.25) is 5.79 Å². The van der Waals surface area contributed by atoms with Crippen molar-refractivity contribution in [1.82, 2.24) is 0 Å². The third-order valence-corrected chi connectivity index (χ3v) is 1.42. The Morgan fingerprint density at radius 1 is 1.43 bits per heavy atom. The van der Waals surface area contributed by atoms with Crippen molar-refractivity contribution in [2.75, 3.05) is 0 Å². The Morgan fingerprint density at radius 2 is 2.00 bits per heavy atom. The highest BCUT2D eigenvalue weighted by molar-refractivity contribution is 5.45. The standard InChI is InChI=1S/C9H11NO4/c1-9(2,11)14-8-6-4-3-5-7(8)10(12)13/h3-6,11H,1-2H3. The average molecular weight is 197 g/mol. The van der Waals surface area contributed by atoms with Gasteiger partial charge in [-0.05, 0) is 6.07 Å². The maximum absolute atomic E-state index is 10.6. The smallest absolute Gasteiger partial charge is 0.311 e. The third kappa shape index (κ3) is 2.70. The number of benzene rings is 1. The maximum Gasteiger partial charge on any atom is 0.311 e. The van der Waals surface area contributed by atoms with E-state index in [1.165, 1.54) is 32.0 Å². The van der Waals surface area contributed by atoms with Crippen molar-refractivity contribution >= 4 is 5.69 Å². The molecule has 0 bridgehead atoms. The molecular formula is C9H11NO4. The molecule has 0 fully saturated rings. The molecule has 0 aliphatic rings. The van der Waals surface area contributed by atoms with Gasteiger partial charge in [0.15, 0.2) is 5.75 Å². The minimum atomic E-state index is -1.42. The average Bonchev–Trinajstić information content (AvgIpc) is 2.01. The Labute approximate surface area is 81.1 Å². The van der Waals surface area contributed by atoms with E-state index in [1.807, 2.05) is 0 Å². The summed E-state index contributed by atoms with van der Waals surface area (Å²) in [5.74, 6) is -1.36. The van der Waals surface area contributed by atoms with Gasteiger partial charge in [0.1, 0.15) is 0 Å². The minimum absolute atomic E-state index is 0.0602. The van der Waals surface area contributed by atoms with Gasteiger partial charge >= 0.3 is 5.69 Å². The van der Waals surface area contributed by atoms with Crippen LogP contribution in [-0.4, -0.2) is 15.8 Å². The summed E-state index contributed by atoms with van der Waals surface area (Å²) in [5, 5.41) is 19.9. The number of nitro benzene ring substituents is 1. The number of para-hydroxylation sites is 2. The minimum Gasteiger partial charge on any atom is -0.456 e. The monoisotopic (exact) mass is 197 g/mol. The number of hydrogen-bond donors (Lipinski definition) is 1. The lowest BCUT2D eigenvalue weighted by Crippen LogP contribution is -2.27. The number of ether oxygens (including phenoxy) is 1. The Kier molecular flexibility index (Phi) is 2.71. The van der Waals surface area contributed by atoms with E-state index in [0.29, 0.717) is 0 Å². The lowest BCUT2D eigenvalue weighted by molar-refractivity contribution is -0.386. The first-order valence-corrected chi connectivity index (χ1v) is 4.05. The summed E-state index contributed by atoms with van der Waals surface area (Å²) in [7, 11) is 0. The van der Waals surface area contributed by atoms with Crippen molar-refractivity contribution in [3.63, 3.8) is 0 Å². The molecule has 0 saturated carbocycles. The highest BCUT2D eigenvalue weighted by atomic mass is 16.6. The zero-order valence-electron chi connectivity index (χ0n) is 7.93. The molecule has 0 saturated heterocycles. The molecule has 1 aromatic rings. The van der Waals surface area contributed by atoms with Gasteiger partial charge in [0.25, 0.3) is 0 Å². The fourth-order valence-corrected chi connectivity index (χ4v) is 0.963. The number of nitro groups is 1. The Morgan fingerprint density at radius 3 is 2.50 bits per heavy atom. The van der Waals surface area contributed by atoms with Crippen molar-refractivity contribution in [3.8, 4) is 5.75 Å². The zero-order chi connectivity index (χ0) is 10.8. The lowest BCUT2D eigenvalue weighted by atomic mass is 10.3. The number of aliphatic hydroxyl groups is 1. The molecule has 76 valence electrons. The van der Waals surface area contributed by atoms with E-state index in [1.54, 1.807) is 6.07 Å². The van der Waals surface area contributed by atoms with E-state index >= 15 is 0 Å². The fourth-order valence-electron chi connectivity index (χ4n) is 0.963. The third-order valence-electron chi connectivity index (χ3n) is 1.42. The second-order valence-electron chi connectivity index (χ2n) is 3.27. The van der Waals surface area contributed by atoms with Crippen molar-refractivity contribution in [2.45, 2.75) is 19.6 Å². The van der Waals surface area contributed by atoms with E-state index in [2.05, 4.69) is 0 Å². The van der Waals surface area contributed by atoms with Crippen LogP contribution in [0.3, 0.4) is 0 Å². The summed E-state index contributed by atoms with van der Waals surface area (Å²) in [5.41, 5.74) is -0.158. The van der Waals surface area contributed by atoms with Gasteiger partial charge in [0, 0.05) is 19.9 Å². The van der Waals surface area contributed by atoms with E-state index in [-0.39, 0.29) is 11.4 Å². The first-order valence-electron chi connectivity index (χ1n) is 4.05. The highest BCUT2D eigenvalue weighted by Gasteiger charge is 2.21. The van der Waals surface area contributed by atoms with Crippen molar-refractivity contribution in [3.05, 3.63) is 34.4 Å². The molecule has 0 atom stereocenters. The SMILES string of the molecule is CC(C)(O)Oc1ccccc1[N+](=O)[O-]. The van der Waals surface area contributed by atoms with Crippen LogP contribution in [-0.2, 0) is 0 Å². The lowest BCUT2D eigenvalue weighted by Gasteiger charge is -2.19. The van der Waals surface area contributed by atoms with Crippen LogP contribution >= 0.6 is 0 Å². The summed E-state index contributed by atoms with van der Waals surface area (Å²) in [6.45, 7) is 2.81. The molecule has 0 heterocycles. The van der Waals surface area contributed by atoms with Gasteiger partial charge in [-0.3, -0.25) is 10.1 Å². The number of nitrogens with zero attached hydrogens (tertiary/aromatic N) is 1. The molecule has 1 N–H and O–H groups in total. The summed E-state index contributed by atoms with van der Waals surface area (Å²) in [6, 6.07) is 5.90. The summed E-state index contributed by atoms with van der Waals surface area (Å²) in [6.07, 6.45) is 0. The predicted molar refractivity (Wildman–Crippen MR) is 50.0 cm³/mol. The molecule has 0 spiro atoms. The van der Waals surface area contributed by atoms with Gasteiger partial charge in [0.05, 0.1) is 4.92 Å². The molecule has 0 amide bonds. The summed E-state index contributed by atoms with van der Waals surface area (Å²) in [4.78, 5) is 10.00. The molecule has 14 heavy (non-hydrogen) atoms. The largest absolute Gasteiger partial charge is 0.456 e. The molecule has 1 rings (SSSR count). The van der Waals surface area contributed by atoms with Crippen molar-refractivity contribution in [2.24, 2.45) is 0 Å². The van der Waals surface area contributed by atoms with Gasteiger partial charge in [-0.2, -0.15) is 0 Å². The summed E-state index contributed by atoms with van der Waals surface area (Å²) < 4.78 is 5.01. The van der Waals surface area contributed by atoms with Crippen LogP contribution in [0, 0.1) is 10.1 Å². The van der Waals surface area contributed by atoms with Gasteiger partial charge in [-0.25, -0.2) is 0 Å². The molecular weight excluding hydrogens is 186 g/mol. The normalized spacial score (nSPS) is 11.1. The topological polar surface area (TPSA) is 72.6 Å². The van der Waals surface area contributed by atoms with Crippen LogP contribution in [0.2, 0.25) is 0 Å². The van der Waals surface area contributed by atoms with E-state index in [9.17, 15) is 15.2 Å². The first-order chi connectivity index (χ1) is 6.40. The van der Waals surface area contributed by atoms with Gasteiger partial charge in [-0.1, -0.05) is 12.1 Å². The molecule has 5 heteroatoms. The van der Waals surface area contributed by atoms with E-state index in [4.69, 9.17) is 4.74 Å². The van der Waals surface area contributed by atoms with Crippen LogP contribution in [0.1, 0.15) is 13.8 Å². The number of rotatable bonds is 3. The molecule has 0 unspecified atom stereocenters. The van der Waals surface area contributed by atoms with E-state index in [0.717, 1.165) is 0 Å². The molecule has 0 aliphatic heterocycles. The summed E-state index contributed by atoms with van der Waals surface area (Å²) >= 11 is 0.